The van der Waals surface area contributed by atoms with E-state index in [9.17, 15) is 4.79 Å². The summed E-state index contributed by atoms with van der Waals surface area (Å²) < 4.78 is 10.1. The highest BCUT2D eigenvalue weighted by molar-refractivity contribution is 5.68. The van der Waals surface area contributed by atoms with Gasteiger partial charge in [0.1, 0.15) is 17.4 Å². The normalized spacial score (nSPS) is 9.86. The van der Waals surface area contributed by atoms with Crippen LogP contribution in [-0.4, -0.2) is 25.3 Å². The maximum absolute atomic E-state index is 11.4. The van der Waals surface area contributed by atoms with Crippen molar-refractivity contribution in [2.24, 2.45) is 0 Å². The molecule has 0 aliphatic rings. The third-order valence-electron chi connectivity index (χ3n) is 2.27. The minimum Gasteiger partial charge on any atom is -0.495 e. The maximum atomic E-state index is 11.4. The van der Waals surface area contributed by atoms with Crippen LogP contribution >= 0.6 is 0 Å². The Labute approximate surface area is 124 Å². The number of benzene rings is 1. The smallest absolute Gasteiger partial charge is 0.408 e. The Morgan fingerprint density at radius 3 is 2.67 bits per heavy atom. The van der Waals surface area contributed by atoms with E-state index in [0.717, 1.165) is 0 Å². The molecule has 0 aromatic heterocycles. The second-order valence-electron chi connectivity index (χ2n) is 5.18. The van der Waals surface area contributed by atoms with Gasteiger partial charge in [0.05, 0.1) is 19.2 Å². The van der Waals surface area contributed by atoms with E-state index in [1.165, 1.54) is 7.11 Å². The van der Waals surface area contributed by atoms with Crippen molar-refractivity contribution in [3.8, 4) is 23.7 Å². The summed E-state index contributed by atoms with van der Waals surface area (Å²) in [6, 6.07) is 7.11. The molecule has 0 bridgehead atoms. The van der Waals surface area contributed by atoms with E-state index in [0.29, 0.717) is 16.9 Å². The van der Waals surface area contributed by atoms with Gasteiger partial charge in [-0.2, -0.15) is 5.26 Å². The van der Waals surface area contributed by atoms with Crippen molar-refractivity contribution in [2.75, 3.05) is 13.7 Å². The maximum Gasteiger partial charge on any atom is 0.408 e. The first-order chi connectivity index (χ1) is 9.85. The van der Waals surface area contributed by atoms with Crippen molar-refractivity contribution in [2.45, 2.75) is 26.4 Å². The van der Waals surface area contributed by atoms with E-state index in [1.807, 2.05) is 6.07 Å². The standard InChI is InChI=1S/C16H18N2O3/c1-16(2,3)21-15(19)18-9-5-6-12-7-8-14(20-4)13(10-12)11-17/h7-8,10H,9H2,1-4H3,(H,18,19). The minimum atomic E-state index is -0.533. The van der Waals surface area contributed by atoms with Crippen molar-refractivity contribution in [1.82, 2.24) is 5.32 Å². The summed E-state index contributed by atoms with van der Waals surface area (Å²) in [6.07, 6.45) is -0.510. The van der Waals surface area contributed by atoms with Crippen LogP contribution in [0.4, 0.5) is 4.79 Å². The molecule has 0 aliphatic heterocycles. The Morgan fingerprint density at radius 2 is 2.10 bits per heavy atom. The Bertz CT molecular complexity index is 613. The van der Waals surface area contributed by atoms with E-state index < -0.39 is 11.7 Å². The molecule has 1 amide bonds. The Kier molecular flexibility index (Phi) is 5.63. The zero-order valence-corrected chi connectivity index (χ0v) is 12.6. The Balaban J connectivity index is 2.60. The van der Waals surface area contributed by atoms with Crippen LogP contribution in [0.25, 0.3) is 0 Å². The first-order valence-electron chi connectivity index (χ1n) is 6.39. The Morgan fingerprint density at radius 1 is 1.38 bits per heavy atom. The SMILES string of the molecule is COc1ccc(C#CCNC(=O)OC(C)(C)C)cc1C#N. The summed E-state index contributed by atoms with van der Waals surface area (Å²) in [4.78, 5) is 11.4. The molecule has 0 saturated heterocycles. The molecule has 5 heteroatoms. The molecule has 1 aromatic rings. The lowest BCUT2D eigenvalue weighted by atomic mass is 10.1. The van der Waals surface area contributed by atoms with E-state index in [1.54, 1.807) is 39.0 Å². The van der Waals surface area contributed by atoms with E-state index in [-0.39, 0.29) is 6.54 Å². The third kappa shape index (κ3) is 5.88. The molecule has 1 N–H and O–H groups in total. The van der Waals surface area contributed by atoms with Crippen LogP contribution in [0.1, 0.15) is 31.9 Å². The quantitative estimate of drug-likeness (QED) is 0.848. The van der Waals surface area contributed by atoms with Gasteiger partial charge in [0.15, 0.2) is 0 Å². The van der Waals surface area contributed by atoms with Gasteiger partial charge in [-0.25, -0.2) is 4.79 Å². The molecule has 0 fully saturated rings. The lowest BCUT2D eigenvalue weighted by Crippen LogP contribution is -2.32. The number of hydrogen-bond acceptors (Lipinski definition) is 4. The van der Waals surface area contributed by atoms with Crippen LogP contribution in [-0.2, 0) is 4.74 Å². The number of alkyl carbamates (subject to hydrolysis) is 1. The molecule has 0 atom stereocenters. The molecule has 0 unspecified atom stereocenters. The highest BCUT2D eigenvalue weighted by Gasteiger charge is 2.14. The van der Waals surface area contributed by atoms with Crippen molar-refractivity contribution in [3.63, 3.8) is 0 Å². The molecule has 21 heavy (non-hydrogen) atoms. The molecule has 0 saturated carbocycles. The Hall–Kier alpha value is -2.66. The van der Waals surface area contributed by atoms with Gasteiger partial charge in [-0.05, 0) is 39.0 Å². The van der Waals surface area contributed by atoms with Crippen LogP contribution in [0.15, 0.2) is 18.2 Å². The van der Waals surface area contributed by atoms with Crippen LogP contribution in [0.5, 0.6) is 5.75 Å². The van der Waals surface area contributed by atoms with Crippen LogP contribution in [0.2, 0.25) is 0 Å². The molecular weight excluding hydrogens is 268 g/mol. The summed E-state index contributed by atoms with van der Waals surface area (Å²) in [5, 5.41) is 11.5. The number of carbonyl (C=O) groups is 1. The van der Waals surface area contributed by atoms with Gasteiger partial charge in [0.2, 0.25) is 0 Å². The molecule has 5 nitrogen and oxygen atoms in total. The van der Waals surface area contributed by atoms with Gasteiger partial charge < -0.3 is 14.8 Å². The lowest BCUT2D eigenvalue weighted by molar-refractivity contribution is 0.0535. The van der Waals surface area contributed by atoms with Gasteiger partial charge in [-0.1, -0.05) is 11.8 Å². The van der Waals surface area contributed by atoms with Gasteiger partial charge in [0.25, 0.3) is 0 Å². The van der Waals surface area contributed by atoms with Crippen LogP contribution in [0.3, 0.4) is 0 Å². The molecular formula is C16H18N2O3. The summed E-state index contributed by atoms with van der Waals surface area (Å²) >= 11 is 0. The highest BCUT2D eigenvalue weighted by atomic mass is 16.6. The monoisotopic (exact) mass is 286 g/mol. The number of nitriles is 1. The molecule has 0 spiro atoms. The topological polar surface area (TPSA) is 71.3 Å². The number of ether oxygens (including phenoxy) is 2. The number of rotatable bonds is 2. The predicted molar refractivity (Wildman–Crippen MR) is 78.8 cm³/mol. The minimum absolute atomic E-state index is 0.169. The highest BCUT2D eigenvalue weighted by Crippen LogP contribution is 2.18. The van der Waals surface area contributed by atoms with E-state index >= 15 is 0 Å². The first-order valence-corrected chi connectivity index (χ1v) is 6.39. The molecule has 0 aliphatic carbocycles. The largest absolute Gasteiger partial charge is 0.495 e. The first kappa shape index (κ1) is 16.4. The second kappa shape index (κ2) is 7.21. The molecule has 1 rings (SSSR count). The predicted octanol–water partition coefficient (Wildman–Crippen LogP) is 2.44. The lowest BCUT2D eigenvalue weighted by Gasteiger charge is -2.18. The zero-order chi connectivity index (χ0) is 15.9. The number of nitrogens with one attached hydrogen (secondary N) is 1. The zero-order valence-electron chi connectivity index (χ0n) is 12.6. The molecule has 110 valence electrons. The van der Waals surface area contributed by atoms with Gasteiger partial charge in [-0.3, -0.25) is 0 Å². The van der Waals surface area contributed by atoms with Gasteiger partial charge in [-0.15, -0.1) is 0 Å². The fourth-order valence-electron chi connectivity index (χ4n) is 1.45. The van der Waals surface area contributed by atoms with Crippen molar-refractivity contribution >= 4 is 6.09 Å². The third-order valence-corrected chi connectivity index (χ3v) is 2.27. The number of carbonyl (C=O) groups excluding carboxylic acids is 1. The van der Waals surface area contributed by atoms with Crippen molar-refractivity contribution in [1.29, 1.82) is 5.26 Å². The number of amides is 1. The second-order valence-corrected chi connectivity index (χ2v) is 5.18. The van der Waals surface area contributed by atoms with Gasteiger partial charge >= 0.3 is 6.09 Å². The fraction of sp³-hybridized carbons (Fsp3) is 0.375. The van der Waals surface area contributed by atoms with Crippen molar-refractivity contribution < 1.29 is 14.3 Å². The average molecular weight is 286 g/mol. The molecule has 1 aromatic carbocycles. The van der Waals surface area contributed by atoms with Gasteiger partial charge in [0, 0.05) is 5.56 Å². The number of methoxy groups -OCH3 is 1. The summed E-state index contributed by atoms with van der Waals surface area (Å²) in [7, 11) is 1.51. The number of hydrogen-bond donors (Lipinski definition) is 1. The summed E-state index contributed by atoms with van der Waals surface area (Å²) in [5.74, 6) is 6.17. The molecule has 0 heterocycles. The van der Waals surface area contributed by atoms with Crippen LogP contribution in [0, 0.1) is 23.2 Å². The summed E-state index contributed by atoms with van der Waals surface area (Å²) in [5.41, 5.74) is 0.567. The average Bonchev–Trinajstić information content (AvgIpc) is 2.41. The van der Waals surface area contributed by atoms with E-state index in [2.05, 4.69) is 17.2 Å². The van der Waals surface area contributed by atoms with Crippen LogP contribution < -0.4 is 10.1 Å². The van der Waals surface area contributed by atoms with Crippen molar-refractivity contribution in [3.05, 3.63) is 29.3 Å². The number of nitrogens with zero attached hydrogens (tertiary/aromatic N) is 1. The van der Waals surface area contributed by atoms with E-state index in [4.69, 9.17) is 14.7 Å². The summed E-state index contributed by atoms with van der Waals surface area (Å²) in [6.45, 7) is 5.54. The molecule has 0 radical (unpaired) electrons. The fourth-order valence-corrected chi connectivity index (χ4v) is 1.45.